The van der Waals surface area contributed by atoms with Gasteiger partial charge in [-0.25, -0.2) is 4.39 Å². The molecule has 1 aromatic rings. The Bertz CT molecular complexity index is 451. The fourth-order valence-corrected chi connectivity index (χ4v) is 1.51. The molecule has 4 nitrogen and oxygen atoms in total. The van der Waals surface area contributed by atoms with Crippen LogP contribution in [-0.2, 0) is 16.0 Å². The Kier molecular flexibility index (Phi) is 4.45. The van der Waals surface area contributed by atoms with E-state index in [0.29, 0.717) is 10.6 Å². The Morgan fingerprint density at radius 1 is 1.47 bits per heavy atom. The van der Waals surface area contributed by atoms with Gasteiger partial charge in [-0.2, -0.15) is 0 Å². The van der Waals surface area contributed by atoms with E-state index in [1.54, 1.807) is 0 Å². The molecule has 0 unspecified atom stereocenters. The molecule has 0 radical (unpaired) electrons. The summed E-state index contributed by atoms with van der Waals surface area (Å²) in [6, 6.07) is 4.19. The number of benzene rings is 1. The van der Waals surface area contributed by atoms with Crippen LogP contribution in [-0.4, -0.2) is 30.3 Å². The summed E-state index contributed by atoms with van der Waals surface area (Å²) in [7, 11) is 1.43. The first kappa shape index (κ1) is 13.4. The van der Waals surface area contributed by atoms with Gasteiger partial charge >= 0.3 is 11.8 Å². The molecule has 0 heterocycles. The van der Waals surface area contributed by atoms with Crippen LogP contribution in [0.15, 0.2) is 18.2 Å². The molecule has 92 valence electrons. The number of carbonyl (C=O) groups is 2. The quantitative estimate of drug-likeness (QED) is 0.821. The van der Waals surface area contributed by atoms with Crippen molar-refractivity contribution in [2.75, 3.05) is 13.6 Å². The summed E-state index contributed by atoms with van der Waals surface area (Å²) in [6.07, 6.45) is 0.266. The topological polar surface area (TPSA) is 63.4 Å². The summed E-state index contributed by atoms with van der Waals surface area (Å²) in [6.45, 7) is 0.193. The van der Waals surface area contributed by atoms with Crippen LogP contribution in [0.1, 0.15) is 5.56 Å². The smallest absolute Gasteiger partial charge is 0.311 e. The van der Waals surface area contributed by atoms with Crippen LogP contribution in [0.5, 0.6) is 0 Å². The summed E-state index contributed by atoms with van der Waals surface area (Å²) in [5, 5.41) is 0.422. The number of amides is 2. The van der Waals surface area contributed by atoms with Crippen LogP contribution in [0.4, 0.5) is 4.39 Å². The van der Waals surface area contributed by atoms with Gasteiger partial charge in [0.05, 0.1) is 0 Å². The Morgan fingerprint density at radius 3 is 2.71 bits per heavy atom. The van der Waals surface area contributed by atoms with Gasteiger partial charge in [0.2, 0.25) is 0 Å². The molecule has 0 bridgehead atoms. The highest BCUT2D eigenvalue weighted by molar-refractivity contribution is 6.34. The molecule has 0 aliphatic carbocycles. The van der Waals surface area contributed by atoms with Crippen molar-refractivity contribution < 1.29 is 14.0 Å². The second-order valence-electron chi connectivity index (χ2n) is 3.58. The molecule has 17 heavy (non-hydrogen) atoms. The molecule has 1 aromatic carbocycles. The fourth-order valence-electron chi connectivity index (χ4n) is 1.31. The minimum absolute atomic E-state index is 0.193. The molecule has 0 spiro atoms. The summed E-state index contributed by atoms with van der Waals surface area (Å²) >= 11 is 5.72. The average Bonchev–Trinajstić information content (AvgIpc) is 2.28. The second kappa shape index (κ2) is 5.63. The molecule has 0 atom stereocenters. The third-order valence-corrected chi connectivity index (χ3v) is 2.52. The second-order valence-corrected chi connectivity index (χ2v) is 4.01. The number of primary amides is 1. The average molecular weight is 259 g/mol. The normalized spacial score (nSPS) is 10.1. The largest absolute Gasteiger partial charge is 0.361 e. The van der Waals surface area contributed by atoms with E-state index in [-0.39, 0.29) is 13.0 Å². The number of hydrogen-bond acceptors (Lipinski definition) is 2. The molecule has 2 amide bonds. The van der Waals surface area contributed by atoms with Crippen molar-refractivity contribution >= 4 is 23.4 Å². The van der Waals surface area contributed by atoms with Gasteiger partial charge in [0.1, 0.15) is 5.82 Å². The monoisotopic (exact) mass is 258 g/mol. The van der Waals surface area contributed by atoms with Crippen molar-refractivity contribution in [2.45, 2.75) is 6.42 Å². The third-order valence-electron chi connectivity index (χ3n) is 2.28. The zero-order valence-electron chi connectivity index (χ0n) is 9.24. The molecule has 6 heteroatoms. The maximum absolute atomic E-state index is 13.3. The van der Waals surface area contributed by atoms with Gasteiger partial charge in [-0.3, -0.25) is 9.59 Å². The van der Waals surface area contributed by atoms with Gasteiger partial charge < -0.3 is 10.6 Å². The lowest BCUT2D eigenvalue weighted by molar-refractivity contribution is -0.143. The van der Waals surface area contributed by atoms with Crippen molar-refractivity contribution in [3.63, 3.8) is 0 Å². The highest BCUT2D eigenvalue weighted by atomic mass is 35.5. The maximum atomic E-state index is 13.3. The van der Waals surface area contributed by atoms with Crippen molar-refractivity contribution in [1.82, 2.24) is 4.90 Å². The van der Waals surface area contributed by atoms with E-state index in [2.05, 4.69) is 0 Å². The first-order valence-corrected chi connectivity index (χ1v) is 5.28. The Morgan fingerprint density at radius 2 is 2.12 bits per heavy atom. The molecule has 0 fully saturated rings. The van der Waals surface area contributed by atoms with E-state index in [4.69, 9.17) is 17.3 Å². The van der Waals surface area contributed by atoms with Gasteiger partial charge in [0.25, 0.3) is 0 Å². The third kappa shape index (κ3) is 3.71. The van der Waals surface area contributed by atoms with Crippen LogP contribution >= 0.6 is 11.6 Å². The molecule has 0 saturated carbocycles. The molecule has 0 aliphatic heterocycles. The number of nitrogens with two attached hydrogens (primary N) is 1. The van der Waals surface area contributed by atoms with E-state index < -0.39 is 17.6 Å². The van der Waals surface area contributed by atoms with Crippen LogP contribution in [0, 0.1) is 5.82 Å². The highest BCUT2D eigenvalue weighted by Gasteiger charge is 2.15. The van der Waals surface area contributed by atoms with E-state index in [1.165, 1.54) is 25.2 Å². The van der Waals surface area contributed by atoms with E-state index >= 15 is 0 Å². The Hall–Kier alpha value is -1.62. The number of halogens is 2. The van der Waals surface area contributed by atoms with Crippen LogP contribution < -0.4 is 5.73 Å². The van der Waals surface area contributed by atoms with Gasteiger partial charge in [0, 0.05) is 18.6 Å². The van der Waals surface area contributed by atoms with Gasteiger partial charge in [-0.15, -0.1) is 0 Å². The standard InChI is InChI=1S/C11H12ClFN2O2/c1-15(11(17)10(14)16)5-4-7-6-8(12)2-3-9(7)13/h2-3,6H,4-5H2,1H3,(H2,14,16). The van der Waals surface area contributed by atoms with Crippen molar-refractivity contribution in [1.29, 1.82) is 0 Å². The van der Waals surface area contributed by atoms with Crippen molar-refractivity contribution in [3.05, 3.63) is 34.6 Å². The van der Waals surface area contributed by atoms with E-state index in [9.17, 15) is 14.0 Å². The number of rotatable bonds is 3. The summed E-state index contributed by atoms with van der Waals surface area (Å²) < 4.78 is 13.3. The molecule has 0 saturated heterocycles. The van der Waals surface area contributed by atoms with Gasteiger partial charge in [-0.1, -0.05) is 11.6 Å². The van der Waals surface area contributed by atoms with Crippen molar-refractivity contribution in [2.24, 2.45) is 5.73 Å². The lowest BCUT2D eigenvalue weighted by atomic mass is 10.1. The summed E-state index contributed by atoms with van der Waals surface area (Å²) in [5.74, 6) is -2.22. The first-order chi connectivity index (χ1) is 7.91. The lowest BCUT2D eigenvalue weighted by Gasteiger charge is -2.15. The summed E-state index contributed by atoms with van der Waals surface area (Å²) in [4.78, 5) is 22.9. The molecular formula is C11H12ClFN2O2. The predicted molar refractivity (Wildman–Crippen MR) is 61.9 cm³/mol. The number of hydrogen-bond donors (Lipinski definition) is 1. The first-order valence-electron chi connectivity index (χ1n) is 4.90. The minimum Gasteiger partial charge on any atom is -0.361 e. The van der Waals surface area contributed by atoms with E-state index in [1.807, 2.05) is 0 Å². The van der Waals surface area contributed by atoms with Gasteiger partial charge in [-0.05, 0) is 30.2 Å². The zero-order valence-corrected chi connectivity index (χ0v) is 10.00. The highest BCUT2D eigenvalue weighted by Crippen LogP contribution is 2.15. The van der Waals surface area contributed by atoms with Crippen LogP contribution in [0.3, 0.4) is 0 Å². The van der Waals surface area contributed by atoms with Crippen molar-refractivity contribution in [3.8, 4) is 0 Å². The SMILES string of the molecule is CN(CCc1cc(Cl)ccc1F)C(=O)C(N)=O. The number of carbonyl (C=O) groups excluding carboxylic acids is 2. The van der Waals surface area contributed by atoms with E-state index in [0.717, 1.165) is 4.90 Å². The number of likely N-dealkylation sites (N-methyl/N-ethyl adjacent to an activating group) is 1. The minimum atomic E-state index is -1.03. The zero-order chi connectivity index (χ0) is 13.0. The molecule has 0 aliphatic rings. The van der Waals surface area contributed by atoms with Crippen LogP contribution in [0.2, 0.25) is 5.02 Å². The number of nitrogens with zero attached hydrogens (tertiary/aromatic N) is 1. The molecule has 0 aromatic heterocycles. The van der Waals surface area contributed by atoms with Crippen LogP contribution in [0.25, 0.3) is 0 Å². The molecular weight excluding hydrogens is 247 g/mol. The fraction of sp³-hybridized carbons (Fsp3) is 0.273. The maximum Gasteiger partial charge on any atom is 0.311 e. The lowest BCUT2D eigenvalue weighted by Crippen LogP contribution is -2.38. The molecule has 1 rings (SSSR count). The molecule has 2 N–H and O–H groups in total. The summed E-state index contributed by atoms with van der Waals surface area (Å²) in [5.41, 5.74) is 5.22. The Balaban J connectivity index is 2.64. The Labute approximate surface area is 103 Å². The predicted octanol–water partition coefficient (Wildman–Crippen LogP) is 0.965. The van der Waals surface area contributed by atoms with Gasteiger partial charge in [0.15, 0.2) is 0 Å².